The van der Waals surface area contributed by atoms with Crippen molar-refractivity contribution >= 4 is 42.1 Å². The molecule has 0 aromatic rings. The van der Waals surface area contributed by atoms with E-state index in [4.69, 9.17) is 0 Å². The summed E-state index contributed by atoms with van der Waals surface area (Å²) in [5, 5.41) is 0. The lowest BCUT2D eigenvalue weighted by Crippen LogP contribution is -1.70. The molecule has 50 valence electrons. The van der Waals surface area contributed by atoms with E-state index in [1.54, 1.807) is 9.83 Å². The molecular formula is C4H10S4. The Morgan fingerprint density at radius 3 is 2.75 bits per heavy atom. The highest BCUT2D eigenvalue weighted by atomic mass is 33.7. The highest BCUT2D eigenvalue weighted by Gasteiger charge is 1.85. The topological polar surface area (TPSA) is 0 Å². The number of hydrogen-bond acceptors (Lipinski definition) is 4. The molecule has 0 nitrogen and oxygen atoms in total. The molecule has 0 saturated heterocycles. The number of thiol groups is 1. The SMILES string of the molecule is CCCCSSSS. The van der Waals surface area contributed by atoms with Gasteiger partial charge in [0.15, 0.2) is 0 Å². The molecule has 0 bridgehead atoms. The summed E-state index contributed by atoms with van der Waals surface area (Å²) in [5.74, 6) is 1.26. The molecule has 0 aliphatic rings. The third kappa shape index (κ3) is 7.40. The Labute approximate surface area is 67.6 Å². The zero-order chi connectivity index (χ0) is 6.24. The van der Waals surface area contributed by atoms with Crippen LogP contribution in [0.25, 0.3) is 0 Å². The summed E-state index contributed by atoms with van der Waals surface area (Å²) >= 11 is 3.98. The van der Waals surface area contributed by atoms with Gasteiger partial charge in [-0.05, 0) is 26.1 Å². The monoisotopic (exact) mass is 186 g/mol. The number of unbranched alkanes of at least 4 members (excludes halogenated alkanes) is 1. The Hall–Kier alpha value is 1.40. The summed E-state index contributed by atoms with van der Waals surface area (Å²) in [6, 6.07) is 0. The molecule has 0 aromatic heterocycles. The maximum absolute atomic E-state index is 3.98. The molecule has 0 aliphatic carbocycles. The van der Waals surface area contributed by atoms with E-state index in [2.05, 4.69) is 18.6 Å². The van der Waals surface area contributed by atoms with Crippen LogP contribution in [0.3, 0.4) is 0 Å². The van der Waals surface area contributed by atoms with Crippen LogP contribution in [0.5, 0.6) is 0 Å². The quantitative estimate of drug-likeness (QED) is 0.395. The zero-order valence-electron chi connectivity index (χ0n) is 4.79. The standard InChI is InChI=1S/C4H10S4/c1-2-3-4-6-8-7-5/h5H,2-4H2,1H3. The van der Waals surface area contributed by atoms with Crippen LogP contribution in [0, 0.1) is 0 Å². The van der Waals surface area contributed by atoms with Crippen LogP contribution in [-0.2, 0) is 0 Å². The van der Waals surface area contributed by atoms with Gasteiger partial charge in [-0.3, -0.25) is 0 Å². The van der Waals surface area contributed by atoms with E-state index in [1.165, 1.54) is 28.4 Å². The molecule has 0 heterocycles. The molecule has 4 heteroatoms. The van der Waals surface area contributed by atoms with Crippen molar-refractivity contribution in [2.45, 2.75) is 19.8 Å². The molecule has 0 amide bonds. The lowest BCUT2D eigenvalue weighted by Gasteiger charge is -1.92. The molecule has 0 N–H and O–H groups in total. The minimum absolute atomic E-state index is 1.26. The minimum atomic E-state index is 1.26. The van der Waals surface area contributed by atoms with Crippen molar-refractivity contribution in [1.29, 1.82) is 0 Å². The Balaban J connectivity index is 2.53. The van der Waals surface area contributed by atoms with Gasteiger partial charge in [0.1, 0.15) is 0 Å². The van der Waals surface area contributed by atoms with Crippen molar-refractivity contribution in [1.82, 2.24) is 0 Å². The van der Waals surface area contributed by atoms with Gasteiger partial charge in [-0.15, -0.1) is 0 Å². The van der Waals surface area contributed by atoms with E-state index in [9.17, 15) is 0 Å². The van der Waals surface area contributed by atoms with Crippen molar-refractivity contribution in [3.63, 3.8) is 0 Å². The zero-order valence-corrected chi connectivity index (χ0v) is 8.14. The summed E-state index contributed by atoms with van der Waals surface area (Å²) < 4.78 is 0. The first-order valence-electron chi connectivity index (χ1n) is 2.51. The fraction of sp³-hybridized carbons (Fsp3) is 1.00. The third-order valence-electron chi connectivity index (χ3n) is 0.660. The first-order valence-corrected chi connectivity index (χ1v) is 7.22. The summed E-state index contributed by atoms with van der Waals surface area (Å²) in [6.07, 6.45) is 2.62. The van der Waals surface area contributed by atoms with Crippen LogP contribution in [0.4, 0.5) is 0 Å². The first kappa shape index (κ1) is 9.40. The van der Waals surface area contributed by atoms with Crippen molar-refractivity contribution in [3.8, 4) is 0 Å². The number of rotatable bonds is 5. The molecule has 8 heavy (non-hydrogen) atoms. The Morgan fingerprint density at radius 2 is 2.25 bits per heavy atom. The van der Waals surface area contributed by atoms with Crippen LogP contribution >= 0.6 is 42.1 Å². The molecule has 0 spiro atoms. The number of hydrogen-bond donors (Lipinski definition) is 1. The summed E-state index contributed by atoms with van der Waals surface area (Å²) in [5.41, 5.74) is 0. The molecule has 0 atom stereocenters. The van der Waals surface area contributed by atoms with Crippen LogP contribution in [0.1, 0.15) is 19.8 Å². The first-order chi connectivity index (χ1) is 3.91. The molecule has 0 rings (SSSR count). The van der Waals surface area contributed by atoms with Gasteiger partial charge < -0.3 is 0 Å². The molecular weight excluding hydrogens is 176 g/mol. The van der Waals surface area contributed by atoms with E-state index in [-0.39, 0.29) is 0 Å². The van der Waals surface area contributed by atoms with Crippen molar-refractivity contribution in [2.24, 2.45) is 0 Å². The maximum Gasteiger partial charge on any atom is 0.00453 e. The van der Waals surface area contributed by atoms with E-state index < -0.39 is 0 Å². The molecule has 0 fully saturated rings. The smallest absolute Gasteiger partial charge is 0.00453 e. The van der Waals surface area contributed by atoms with Gasteiger partial charge in [-0.25, -0.2) is 0 Å². The van der Waals surface area contributed by atoms with E-state index >= 15 is 0 Å². The van der Waals surface area contributed by atoms with Gasteiger partial charge in [0.2, 0.25) is 0 Å². The summed E-state index contributed by atoms with van der Waals surface area (Å²) in [7, 11) is 5.15. The van der Waals surface area contributed by atoms with Crippen molar-refractivity contribution in [2.75, 3.05) is 5.75 Å². The second-order valence-corrected chi connectivity index (χ2v) is 6.38. The predicted octanol–water partition coefficient (Wildman–Crippen LogP) is 3.66. The normalized spacial score (nSPS) is 9.75. The van der Waals surface area contributed by atoms with Crippen LogP contribution < -0.4 is 0 Å². The van der Waals surface area contributed by atoms with Gasteiger partial charge in [0, 0.05) is 5.75 Å². The average Bonchev–Trinajstić information content (AvgIpc) is 1.81. The van der Waals surface area contributed by atoms with Gasteiger partial charge in [-0.2, -0.15) is 0 Å². The maximum atomic E-state index is 3.98. The van der Waals surface area contributed by atoms with Gasteiger partial charge >= 0.3 is 0 Å². The average molecular weight is 186 g/mol. The molecule has 0 aliphatic heterocycles. The predicted molar refractivity (Wildman–Crippen MR) is 51.5 cm³/mol. The highest BCUT2D eigenvalue weighted by Crippen LogP contribution is 2.37. The molecule has 0 saturated carbocycles. The fourth-order valence-corrected chi connectivity index (χ4v) is 3.62. The second kappa shape index (κ2) is 8.40. The molecule has 0 aromatic carbocycles. The lowest BCUT2D eigenvalue weighted by atomic mass is 10.4. The molecule has 0 unspecified atom stereocenters. The summed E-state index contributed by atoms with van der Waals surface area (Å²) in [6.45, 7) is 2.21. The van der Waals surface area contributed by atoms with Gasteiger partial charge in [0.25, 0.3) is 0 Å². The van der Waals surface area contributed by atoms with Gasteiger partial charge in [0.05, 0.1) is 0 Å². The van der Waals surface area contributed by atoms with E-state index in [0.29, 0.717) is 0 Å². The lowest BCUT2D eigenvalue weighted by molar-refractivity contribution is 0.898. The Kier molecular flexibility index (Phi) is 9.87. The van der Waals surface area contributed by atoms with Gasteiger partial charge in [-0.1, -0.05) is 35.8 Å². The highest BCUT2D eigenvalue weighted by molar-refractivity contribution is 9.23. The van der Waals surface area contributed by atoms with E-state index in [0.717, 1.165) is 0 Å². The molecule has 0 radical (unpaired) electrons. The van der Waals surface area contributed by atoms with Crippen molar-refractivity contribution in [3.05, 3.63) is 0 Å². The van der Waals surface area contributed by atoms with Crippen LogP contribution in [0.2, 0.25) is 0 Å². The third-order valence-corrected chi connectivity index (χ3v) is 5.30. The summed E-state index contributed by atoms with van der Waals surface area (Å²) in [4.78, 5) is 0. The van der Waals surface area contributed by atoms with Crippen LogP contribution in [-0.4, -0.2) is 5.75 Å². The second-order valence-electron chi connectivity index (χ2n) is 1.32. The fourth-order valence-electron chi connectivity index (χ4n) is 0.259. The minimum Gasteiger partial charge on any atom is -0.0989 e. The van der Waals surface area contributed by atoms with E-state index in [1.807, 2.05) is 10.8 Å². The Bertz CT molecular complexity index is 33.0. The van der Waals surface area contributed by atoms with Crippen LogP contribution in [0.15, 0.2) is 0 Å². The van der Waals surface area contributed by atoms with Crippen molar-refractivity contribution < 1.29 is 0 Å². The largest absolute Gasteiger partial charge is 0.0989 e. The Morgan fingerprint density at radius 1 is 1.50 bits per heavy atom.